The van der Waals surface area contributed by atoms with E-state index in [-0.39, 0.29) is 11.6 Å². The number of hydrogen-bond donors (Lipinski definition) is 1. The standard InChI is InChI=1S/C24H22N4O5/c1-14(2)21(24-26-22(28-33-24)15-6-4-3-5-7-15)25-23(29)17-13-19(32-27-17)16-8-9-18-20(12-16)31-11-10-30-18/h3-9,12-14,21H,10-11H2,1-2H3,(H,25,29)/t21-/m1/s1. The van der Waals surface area contributed by atoms with Gasteiger partial charge in [-0.2, -0.15) is 4.98 Å². The highest BCUT2D eigenvalue weighted by molar-refractivity contribution is 5.93. The van der Waals surface area contributed by atoms with Crippen LogP contribution in [0.2, 0.25) is 0 Å². The second-order valence-corrected chi connectivity index (χ2v) is 7.95. The lowest BCUT2D eigenvalue weighted by Crippen LogP contribution is -2.32. The van der Waals surface area contributed by atoms with Crippen molar-refractivity contribution in [3.63, 3.8) is 0 Å². The van der Waals surface area contributed by atoms with Crippen molar-refractivity contribution in [2.75, 3.05) is 13.2 Å². The summed E-state index contributed by atoms with van der Waals surface area (Å²) < 4.78 is 22.0. The van der Waals surface area contributed by atoms with Crippen molar-refractivity contribution in [1.82, 2.24) is 20.6 Å². The molecule has 9 heteroatoms. The van der Waals surface area contributed by atoms with E-state index in [0.717, 1.165) is 11.1 Å². The van der Waals surface area contributed by atoms with Gasteiger partial charge in [-0.25, -0.2) is 0 Å². The molecular weight excluding hydrogens is 424 g/mol. The highest BCUT2D eigenvalue weighted by Gasteiger charge is 2.27. The first kappa shape index (κ1) is 20.7. The molecule has 1 atom stereocenters. The van der Waals surface area contributed by atoms with Gasteiger partial charge in [0, 0.05) is 17.2 Å². The smallest absolute Gasteiger partial charge is 0.274 e. The number of rotatable bonds is 6. The number of ether oxygens (including phenoxy) is 2. The number of aromatic nitrogens is 3. The molecule has 4 aromatic rings. The lowest BCUT2D eigenvalue weighted by Gasteiger charge is -2.18. The van der Waals surface area contributed by atoms with Crippen molar-refractivity contribution in [3.8, 4) is 34.2 Å². The summed E-state index contributed by atoms with van der Waals surface area (Å²) in [6, 6.07) is 16.0. The quantitative estimate of drug-likeness (QED) is 0.467. The lowest BCUT2D eigenvalue weighted by atomic mass is 10.0. The normalized spacial score (nSPS) is 13.7. The van der Waals surface area contributed by atoms with Crippen LogP contribution in [-0.2, 0) is 0 Å². The van der Waals surface area contributed by atoms with E-state index < -0.39 is 11.9 Å². The molecule has 0 saturated heterocycles. The van der Waals surface area contributed by atoms with Gasteiger partial charge in [-0.05, 0) is 24.1 Å². The highest BCUT2D eigenvalue weighted by Crippen LogP contribution is 2.34. The zero-order valence-corrected chi connectivity index (χ0v) is 18.1. The van der Waals surface area contributed by atoms with E-state index in [1.54, 1.807) is 18.2 Å². The van der Waals surface area contributed by atoms with Gasteiger partial charge in [-0.15, -0.1) is 0 Å². The maximum Gasteiger partial charge on any atom is 0.274 e. The zero-order valence-electron chi connectivity index (χ0n) is 18.1. The van der Waals surface area contributed by atoms with Gasteiger partial charge in [0.15, 0.2) is 23.0 Å². The summed E-state index contributed by atoms with van der Waals surface area (Å²) in [5, 5.41) is 10.9. The summed E-state index contributed by atoms with van der Waals surface area (Å²) in [6.45, 7) is 4.92. The molecule has 168 valence electrons. The molecule has 1 amide bonds. The topological polar surface area (TPSA) is 113 Å². The molecular formula is C24H22N4O5. The van der Waals surface area contributed by atoms with Crippen LogP contribution >= 0.6 is 0 Å². The zero-order chi connectivity index (χ0) is 22.8. The maximum absolute atomic E-state index is 12.9. The van der Waals surface area contributed by atoms with Crippen molar-refractivity contribution in [1.29, 1.82) is 0 Å². The van der Waals surface area contributed by atoms with Gasteiger partial charge >= 0.3 is 0 Å². The Morgan fingerprint density at radius 3 is 2.48 bits per heavy atom. The third kappa shape index (κ3) is 4.30. The molecule has 5 rings (SSSR count). The summed E-state index contributed by atoms with van der Waals surface area (Å²) >= 11 is 0. The van der Waals surface area contributed by atoms with Gasteiger partial charge in [-0.3, -0.25) is 4.79 Å². The predicted octanol–water partition coefficient (Wildman–Crippen LogP) is 4.29. The summed E-state index contributed by atoms with van der Waals surface area (Å²) in [6.07, 6.45) is 0. The molecule has 0 saturated carbocycles. The van der Waals surface area contributed by atoms with Crippen molar-refractivity contribution < 1.29 is 23.3 Å². The minimum Gasteiger partial charge on any atom is -0.486 e. The fourth-order valence-electron chi connectivity index (χ4n) is 3.51. The van der Waals surface area contributed by atoms with Gasteiger partial charge < -0.3 is 23.8 Å². The molecule has 33 heavy (non-hydrogen) atoms. The third-order valence-electron chi connectivity index (χ3n) is 5.26. The molecule has 1 N–H and O–H groups in total. The Morgan fingerprint density at radius 1 is 0.909 bits per heavy atom. The summed E-state index contributed by atoms with van der Waals surface area (Å²) in [7, 11) is 0. The molecule has 0 aliphatic carbocycles. The number of fused-ring (bicyclic) bond motifs is 1. The van der Waals surface area contributed by atoms with Crippen LogP contribution < -0.4 is 14.8 Å². The van der Waals surface area contributed by atoms with Crippen LogP contribution in [0.3, 0.4) is 0 Å². The molecule has 0 bridgehead atoms. The molecule has 1 aliphatic heterocycles. The van der Waals surface area contributed by atoms with Crippen LogP contribution in [-0.4, -0.2) is 34.4 Å². The lowest BCUT2D eigenvalue weighted by molar-refractivity contribution is 0.0904. The maximum atomic E-state index is 12.9. The molecule has 1 aliphatic rings. The first-order chi connectivity index (χ1) is 16.1. The minimum absolute atomic E-state index is 0.00203. The molecule has 3 heterocycles. The summed E-state index contributed by atoms with van der Waals surface area (Å²) in [5.74, 6) is 2.15. The average molecular weight is 446 g/mol. The Bertz CT molecular complexity index is 1260. The van der Waals surface area contributed by atoms with E-state index in [1.807, 2.05) is 50.2 Å². The summed E-state index contributed by atoms with van der Waals surface area (Å²) in [5.41, 5.74) is 1.71. The van der Waals surface area contributed by atoms with Gasteiger partial charge in [0.2, 0.25) is 11.7 Å². The van der Waals surface area contributed by atoms with Crippen molar-refractivity contribution in [2.45, 2.75) is 19.9 Å². The minimum atomic E-state index is -0.489. The van der Waals surface area contributed by atoms with Crippen LogP contribution in [0.5, 0.6) is 11.5 Å². The first-order valence-corrected chi connectivity index (χ1v) is 10.6. The van der Waals surface area contributed by atoms with Gasteiger partial charge in [0.25, 0.3) is 5.91 Å². The highest BCUT2D eigenvalue weighted by atomic mass is 16.6. The Morgan fingerprint density at radius 2 is 1.70 bits per heavy atom. The summed E-state index contributed by atoms with van der Waals surface area (Å²) in [4.78, 5) is 17.4. The van der Waals surface area contributed by atoms with Crippen molar-refractivity contribution in [3.05, 3.63) is 66.2 Å². The molecule has 0 fully saturated rings. The van der Waals surface area contributed by atoms with Gasteiger partial charge in [0.05, 0.1) is 0 Å². The van der Waals surface area contributed by atoms with Gasteiger partial charge in [0.1, 0.15) is 19.3 Å². The predicted molar refractivity (Wildman–Crippen MR) is 118 cm³/mol. The monoisotopic (exact) mass is 446 g/mol. The van der Waals surface area contributed by atoms with Crippen LogP contribution in [0.1, 0.15) is 36.3 Å². The molecule has 0 radical (unpaired) electrons. The molecule has 0 spiro atoms. The van der Waals surface area contributed by atoms with Crippen molar-refractivity contribution >= 4 is 5.91 Å². The van der Waals surface area contributed by atoms with E-state index in [2.05, 4.69) is 20.6 Å². The van der Waals surface area contributed by atoms with Crippen LogP contribution in [0.15, 0.2) is 63.6 Å². The van der Waals surface area contributed by atoms with Crippen LogP contribution in [0.4, 0.5) is 0 Å². The van der Waals surface area contributed by atoms with Crippen LogP contribution in [0, 0.1) is 5.92 Å². The Balaban J connectivity index is 1.33. The number of nitrogens with zero attached hydrogens (tertiary/aromatic N) is 3. The second-order valence-electron chi connectivity index (χ2n) is 7.95. The van der Waals surface area contributed by atoms with Crippen molar-refractivity contribution in [2.24, 2.45) is 5.92 Å². The second kappa shape index (κ2) is 8.78. The fraction of sp³-hybridized carbons (Fsp3) is 0.250. The number of benzene rings is 2. The average Bonchev–Trinajstić information content (AvgIpc) is 3.53. The van der Waals surface area contributed by atoms with E-state index in [1.165, 1.54) is 0 Å². The third-order valence-corrected chi connectivity index (χ3v) is 5.26. The molecule has 2 aromatic carbocycles. The van der Waals surface area contributed by atoms with Crippen LogP contribution in [0.25, 0.3) is 22.7 Å². The first-order valence-electron chi connectivity index (χ1n) is 10.6. The van der Waals surface area contributed by atoms with Gasteiger partial charge in [-0.1, -0.05) is 54.5 Å². The number of amides is 1. The SMILES string of the molecule is CC(C)[C@@H](NC(=O)c1cc(-c2ccc3c(c2)OCCO3)on1)c1nc(-c2ccccc2)no1. The Hall–Kier alpha value is -4.14. The van der Waals surface area contributed by atoms with E-state index >= 15 is 0 Å². The Labute approximate surface area is 189 Å². The largest absolute Gasteiger partial charge is 0.486 e. The number of carbonyl (C=O) groups is 1. The van der Waals surface area contributed by atoms with E-state index in [4.69, 9.17) is 18.5 Å². The fourth-order valence-corrected chi connectivity index (χ4v) is 3.51. The van der Waals surface area contributed by atoms with E-state index in [0.29, 0.717) is 42.2 Å². The van der Waals surface area contributed by atoms with E-state index in [9.17, 15) is 4.79 Å². The number of nitrogens with one attached hydrogen (secondary N) is 1. The molecule has 0 unspecified atom stereocenters. The Kier molecular flexibility index (Phi) is 5.52. The number of hydrogen-bond acceptors (Lipinski definition) is 8. The number of carbonyl (C=O) groups excluding carboxylic acids is 1. The molecule has 2 aromatic heterocycles. The molecule has 9 nitrogen and oxygen atoms in total.